The molecule has 2 aliphatic heterocycles. The van der Waals surface area contributed by atoms with E-state index in [4.69, 9.17) is 0 Å². The number of hydrogen-bond acceptors (Lipinski definition) is 4. The van der Waals surface area contributed by atoms with E-state index in [1.54, 1.807) is 9.80 Å². The minimum absolute atomic E-state index is 0.0381. The first kappa shape index (κ1) is 28.2. The van der Waals surface area contributed by atoms with E-state index in [0.29, 0.717) is 51.0 Å². The average Bonchev–Trinajstić information content (AvgIpc) is 2.94. The summed E-state index contributed by atoms with van der Waals surface area (Å²) in [7, 11) is 3.07. The number of piperidine rings is 2. The summed E-state index contributed by atoms with van der Waals surface area (Å²) in [6.07, 6.45) is 0.846. The highest BCUT2D eigenvalue weighted by molar-refractivity contribution is 9.10. The second kappa shape index (κ2) is 11.3. The first-order valence-electron chi connectivity index (χ1n) is 13.4. The Balaban J connectivity index is 1.26. The van der Waals surface area contributed by atoms with E-state index in [9.17, 15) is 23.5 Å². The lowest BCUT2D eigenvalue weighted by molar-refractivity contribution is -0.0676. The molecule has 0 radical (unpaired) electrons. The van der Waals surface area contributed by atoms with Gasteiger partial charge in [-0.15, -0.1) is 0 Å². The van der Waals surface area contributed by atoms with Crippen molar-refractivity contribution in [2.45, 2.75) is 25.4 Å². The van der Waals surface area contributed by atoms with E-state index in [2.05, 4.69) is 15.9 Å². The topological polar surface area (TPSA) is 64.1 Å². The van der Waals surface area contributed by atoms with Crippen molar-refractivity contribution in [2.75, 3.05) is 45.2 Å². The summed E-state index contributed by atoms with van der Waals surface area (Å²) in [4.78, 5) is 31.2. The molecule has 1 N–H and O–H groups in total. The van der Waals surface area contributed by atoms with Crippen molar-refractivity contribution >= 4 is 33.4 Å². The molecule has 0 bridgehead atoms. The molecule has 2 heterocycles. The van der Waals surface area contributed by atoms with Crippen LogP contribution in [0.1, 0.15) is 40.0 Å². The van der Waals surface area contributed by atoms with Crippen molar-refractivity contribution in [1.29, 1.82) is 0 Å². The number of benzene rings is 3. The largest absolute Gasteiger partial charge is 0.392 e. The Morgan fingerprint density at radius 3 is 2.10 bits per heavy atom. The Hall–Kier alpha value is -3.30. The molecule has 2 saturated heterocycles. The van der Waals surface area contributed by atoms with Crippen molar-refractivity contribution in [3.63, 3.8) is 0 Å². The number of carbonyl (C=O) groups is 2. The van der Waals surface area contributed by atoms with Gasteiger partial charge in [0.2, 0.25) is 0 Å². The minimum Gasteiger partial charge on any atom is -0.392 e. The van der Waals surface area contributed by atoms with Crippen molar-refractivity contribution in [3.8, 4) is 11.1 Å². The summed E-state index contributed by atoms with van der Waals surface area (Å²) < 4.78 is 30.0. The SMILES string of the molecule is CN(C)c1c(F)cc(C(=O)N2CCC3(CC2)CN(C(=O)c2ccc(-c4cccc(Br)c4)cc2)CCC3O)cc1F. The van der Waals surface area contributed by atoms with E-state index in [1.165, 1.54) is 19.0 Å². The maximum absolute atomic E-state index is 14.5. The van der Waals surface area contributed by atoms with Crippen LogP contribution in [0.4, 0.5) is 14.5 Å². The fraction of sp³-hybridized carbons (Fsp3) is 0.355. The van der Waals surface area contributed by atoms with Crippen molar-refractivity contribution < 1.29 is 23.5 Å². The number of amides is 2. The van der Waals surface area contributed by atoms with Gasteiger partial charge in [0.05, 0.1) is 6.10 Å². The highest BCUT2D eigenvalue weighted by Gasteiger charge is 2.46. The van der Waals surface area contributed by atoms with Gasteiger partial charge in [-0.05, 0) is 66.8 Å². The second-order valence-corrected chi connectivity index (χ2v) is 11.9. The molecule has 2 fully saturated rings. The number of halogens is 3. The van der Waals surface area contributed by atoms with E-state index < -0.39 is 29.1 Å². The van der Waals surface area contributed by atoms with Crippen LogP contribution in [0.25, 0.3) is 11.1 Å². The molecule has 1 atom stereocenters. The Morgan fingerprint density at radius 2 is 1.50 bits per heavy atom. The normalized spacial score (nSPS) is 18.6. The Labute approximate surface area is 241 Å². The maximum Gasteiger partial charge on any atom is 0.254 e. The lowest BCUT2D eigenvalue weighted by atomic mass is 9.70. The Bertz CT molecular complexity index is 1400. The number of aliphatic hydroxyl groups is 1. The molecule has 0 aromatic heterocycles. The fourth-order valence-electron chi connectivity index (χ4n) is 5.92. The third-order valence-electron chi connectivity index (χ3n) is 8.22. The van der Waals surface area contributed by atoms with E-state index in [-0.39, 0.29) is 17.2 Å². The smallest absolute Gasteiger partial charge is 0.254 e. The first-order chi connectivity index (χ1) is 19.1. The number of hydrogen-bond donors (Lipinski definition) is 1. The summed E-state index contributed by atoms with van der Waals surface area (Å²) >= 11 is 3.49. The molecule has 40 heavy (non-hydrogen) atoms. The van der Waals surface area contributed by atoms with Crippen LogP contribution in [0.3, 0.4) is 0 Å². The van der Waals surface area contributed by atoms with Crippen LogP contribution >= 0.6 is 15.9 Å². The van der Waals surface area contributed by atoms with Crippen LogP contribution in [-0.2, 0) is 0 Å². The maximum atomic E-state index is 14.5. The molecule has 1 unspecified atom stereocenters. The highest BCUT2D eigenvalue weighted by Crippen LogP contribution is 2.41. The fourth-order valence-corrected chi connectivity index (χ4v) is 6.32. The summed E-state index contributed by atoms with van der Waals surface area (Å²) in [5, 5.41) is 11.0. The molecule has 2 aliphatic rings. The quantitative estimate of drug-likeness (QED) is 0.418. The van der Waals surface area contributed by atoms with Crippen LogP contribution in [0.2, 0.25) is 0 Å². The van der Waals surface area contributed by atoms with Crippen LogP contribution in [0.5, 0.6) is 0 Å². The van der Waals surface area contributed by atoms with E-state index >= 15 is 0 Å². The highest BCUT2D eigenvalue weighted by atomic mass is 79.9. The number of anilines is 1. The zero-order valence-corrected chi connectivity index (χ0v) is 24.1. The molecule has 0 saturated carbocycles. The monoisotopic (exact) mass is 611 g/mol. The molecule has 3 aromatic rings. The minimum atomic E-state index is -0.789. The van der Waals surface area contributed by atoms with Gasteiger partial charge in [-0.1, -0.05) is 40.2 Å². The molecular weight excluding hydrogens is 580 g/mol. The third-order valence-corrected chi connectivity index (χ3v) is 8.71. The van der Waals surface area contributed by atoms with Gasteiger partial charge in [0, 0.05) is 61.3 Å². The van der Waals surface area contributed by atoms with E-state index in [0.717, 1.165) is 27.7 Å². The molecule has 0 aliphatic carbocycles. The van der Waals surface area contributed by atoms with Gasteiger partial charge in [-0.2, -0.15) is 0 Å². The molecular formula is C31H32BrF2N3O3. The number of rotatable bonds is 4. The van der Waals surface area contributed by atoms with Gasteiger partial charge >= 0.3 is 0 Å². The van der Waals surface area contributed by atoms with Crippen molar-refractivity contribution in [1.82, 2.24) is 9.80 Å². The third kappa shape index (κ3) is 5.49. The summed E-state index contributed by atoms with van der Waals surface area (Å²) in [6, 6.07) is 17.6. The van der Waals surface area contributed by atoms with Crippen molar-refractivity contribution in [3.05, 3.63) is 87.9 Å². The molecule has 210 valence electrons. The summed E-state index contributed by atoms with van der Waals surface area (Å²) in [5.41, 5.74) is 1.89. The standard InChI is InChI=1S/C31H32BrF2N3O3/c1-35(2)28-25(33)17-23(18-26(28)34)30(40)36-14-11-31(12-15-36)19-37(13-10-27(31)38)29(39)21-8-6-20(7-9-21)22-4-3-5-24(32)16-22/h3-9,16-18,27,38H,10-15,19H2,1-2H3. The van der Waals surface area contributed by atoms with Crippen molar-refractivity contribution in [2.24, 2.45) is 5.41 Å². The summed E-state index contributed by atoms with van der Waals surface area (Å²) in [5.74, 6) is -2.11. The Kier molecular flexibility index (Phi) is 7.97. The number of carbonyl (C=O) groups excluding carboxylic acids is 2. The zero-order valence-electron chi connectivity index (χ0n) is 22.5. The molecule has 6 nitrogen and oxygen atoms in total. The predicted octanol–water partition coefficient (Wildman–Crippen LogP) is 5.59. The van der Waals surface area contributed by atoms with Crippen LogP contribution < -0.4 is 4.90 Å². The van der Waals surface area contributed by atoms with E-state index in [1.807, 2.05) is 48.5 Å². The van der Waals surface area contributed by atoms with Gasteiger partial charge < -0.3 is 19.8 Å². The zero-order chi connectivity index (χ0) is 28.6. The molecule has 9 heteroatoms. The Morgan fingerprint density at radius 1 is 0.875 bits per heavy atom. The lowest BCUT2D eigenvalue weighted by Crippen LogP contribution is -2.58. The van der Waals surface area contributed by atoms with Crippen LogP contribution in [0, 0.1) is 17.0 Å². The van der Waals surface area contributed by atoms with Gasteiger partial charge in [0.25, 0.3) is 11.8 Å². The summed E-state index contributed by atoms with van der Waals surface area (Å²) in [6.45, 7) is 1.51. The average molecular weight is 613 g/mol. The number of likely N-dealkylation sites (tertiary alicyclic amines) is 2. The lowest BCUT2D eigenvalue weighted by Gasteiger charge is -2.50. The van der Waals surface area contributed by atoms with Gasteiger partial charge in [-0.3, -0.25) is 9.59 Å². The molecule has 3 aromatic carbocycles. The number of aliphatic hydroxyl groups excluding tert-OH is 1. The van der Waals surface area contributed by atoms with Gasteiger partial charge in [0.1, 0.15) is 17.3 Å². The molecule has 5 rings (SSSR count). The second-order valence-electron chi connectivity index (χ2n) is 11.0. The molecule has 2 amide bonds. The van der Waals surface area contributed by atoms with Crippen LogP contribution in [-0.4, -0.2) is 73.1 Å². The van der Waals surface area contributed by atoms with Gasteiger partial charge in [-0.25, -0.2) is 8.78 Å². The van der Waals surface area contributed by atoms with Crippen LogP contribution in [0.15, 0.2) is 65.1 Å². The number of nitrogens with zero attached hydrogens (tertiary/aromatic N) is 3. The molecule has 1 spiro atoms. The predicted molar refractivity (Wildman–Crippen MR) is 154 cm³/mol. The first-order valence-corrected chi connectivity index (χ1v) is 14.2. The van der Waals surface area contributed by atoms with Gasteiger partial charge in [0.15, 0.2) is 0 Å².